The quantitative estimate of drug-likeness (QED) is 0.214. The first kappa shape index (κ1) is 32.9. The van der Waals surface area contributed by atoms with Crippen molar-refractivity contribution >= 4 is 35.6 Å². The van der Waals surface area contributed by atoms with Crippen molar-refractivity contribution in [1.82, 2.24) is 15.1 Å². The van der Waals surface area contributed by atoms with Crippen molar-refractivity contribution in [3.63, 3.8) is 0 Å². The summed E-state index contributed by atoms with van der Waals surface area (Å²) < 4.78 is 0. The maximum atomic E-state index is 13.0. The van der Waals surface area contributed by atoms with Gasteiger partial charge in [-0.2, -0.15) is 0 Å². The zero-order valence-corrected chi connectivity index (χ0v) is 24.8. The largest absolute Gasteiger partial charge is 0.478 e. The molecule has 0 saturated carbocycles. The second kappa shape index (κ2) is 13.6. The van der Waals surface area contributed by atoms with Gasteiger partial charge in [-0.05, 0) is 70.3 Å². The van der Waals surface area contributed by atoms with Gasteiger partial charge in [-0.25, -0.2) is 9.59 Å². The van der Waals surface area contributed by atoms with Gasteiger partial charge in [0.15, 0.2) is 0 Å². The molecular formula is C32H37N3O8. The summed E-state index contributed by atoms with van der Waals surface area (Å²) in [4.78, 5) is 73.5. The number of benzene rings is 2. The molecule has 228 valence electrons. The van der Waals surface area contributed by atoms with E-state index < -0.39 is 22.8 Å². The van der Waals surface area contributed by atoms with Gasteiger partial charge >= 0.3 is 11.9 Å². The number of carboxylic acid groups (broad SMARTS) is 2. The van der Waals surface area contributed by atoms with E-state index in [-0.39, 0.29) is 23.6 Å². The summed E-state index contributed by atoms with van der Waals surface area (Å²) in [6.07, 6.45) is 2.55. The van der Waals surface area contributed by atoms with Crippen molar-refractivity contribution in [2.24, 2.45) is 0 Å². The Bertz CT molecular complexity index is 1350. The average Bonchev–Trinajstić information content (AvgIpc) is 2.97. The summed E-state index contributed by atoms with van der Waals surface area (Å²) >= 11 is 0. The van der Waals surface area contributed by atoms with Crippen LogP contribution in [0, 0.1) is 0 Å². The Morgan fingerprint density at radius 2 is 1.09 bits per heavy atom. The van der Waals surface area contributed by atoms with Gasteiger partial charge < -0.3 is 15.5 Å². The Morgan fingerprint density at radius 1 is 0.674 bits per heavy atom. The molecule has 0 aliphatic carbocycles. The molecule has 0 fully saturated rings. The van der Waals surface area contributed by atoms with Crippen molar-refractivity contribution < 1.29 is 39.0 Å². The lowest BCUT2D eigenvalue weighted by Gasteiger charge is -2.37. The molecule has 0 atom stereocenters. The van der Waals surface area contributed by atoms with Crippen LogP contribution < -0.4 is 5.32 Å². The lowest BCUT2D eigenvalue weighted by atomic mass is 9.77. The zero-order valence-electron chi connectivity index (χ0n) is 24.8. The van der Waals surface area contributed by atoms with E-state index in [1.165, 1.54) is 9.80 Å². The Hall–Kier alpha value is -4.64. The molecule has 0 unspecified atom stereocenters. The summed E-state index contributed by atoms with van der Waals surface area (Å²) in [7, 11) is 0. The standard InChI is InChI=1S/C28H33N3O4.C4H4O4/c1-27(2)21-13-7-5-11-19(21)23(32)30(25(27)34)17-10-9-15-29-16-18-31-24(33)20-12-6-8-14-22(20)28(3,4)26(31)35;5-3(6)1-2-4(7)8/h5-8,11-14,29H,9-10,15-18H2,1-4H3;1-2H,(H,5,6)(H,7,8)/b;2-1+. The topological polar surface area (TPSA) is 161 Å². The minimum atomic E-state index is -1.26. The lowest BCUT2D eigenvalue weighted by molar-refractivity contribution is -0.135. The van der Waals surface area contributed by atoms with Crippen LogP contribution in [-0.4, -0.2) is 81.8 Å². The average molecular weight is 592 g/mol. The zero-order chi connectivity index (χ0) is 31.9. The van der Waals surface area contributed by atoms with Gasteiger partial charge in [0.2, 0.25) is 11.8 Å². The van der Waals surface area contributed by atoms with Gasteiger partial charge in [-0.1, -0.05) is 36.4 Å². The molecule has 2 aromatic carbocycles. The van der Waals surface area contributed by atoms with Crippen LogP contribution in [0.5, 0.6) is 0 Å². The minimum absolute atomic E-state index is 0.167. The maximum absolute atomic E-state index is 13.0. The van der Waals surface area contributed by atoms with E-state index in [0.717, 1.165) is 17.5 Å². The van der Waals surface area contributed by atoms with Crippen LogP contribution in [-0.2, 0) is 30.0 Å². The van der Waals surface area contributed by atoms with Crippen LogP contribution >= 0.6 is 0 Å². The third-order valence-corrected chi connectivity index (χ3v) is 7.58. The number of carbonyl (C=O) groups excluding carboxylic acids is 4. The molecule has 11 heteroatoms. The Balaban J connectivity index is 0.000000557. The number of rotatable bonds is 10. The van der Waals surface area contributed by atoms with Crippen molar-refractivity contribution in [3.05, 3.63) is 82.9 Å². The first-order chi connectivity index (χ1) is 20.2. The summed E-state index contributed by atoms with van der Waals surface area (Å²) in [5.74, 6) is -3.35. The summed E-state index contributed by atoms with van der Waals surface area (Å²) in [5, 5.41) is 18.9. The van der Waals surface area contributed by atoms with E-state index in [1.807, 2.05) is 64.1 Å². The molecule has 43 heavy (non-hydrogen) atoms. The molecule has 0 aromatic heterocycles. The number of aliphatic carboxylic acids is 2. The number of nitrogens with zero attached hydrogens (tertiary/aromatic N) is 2. The number of nitrogens with one attached hydrogen (secondary N) is 1. The molecule has 2 aliphatic heterocycles. The van der Waals surface area contributed by atoms with Crippen LogP contribution in [0.1, 0.15) is 72.4 Å². The van der Waals surface area contributed by atoms with Crippen LogP contribution in [0.15, 0.2) is 60.7 Å². The summed E-state index contributed by atoms with van der Waals surface area (Å²) in [6.45, 7) is 9.22. The van der Waals surface area contributed by atoms with Crippen molar-refractivity contribution in [1.29, 1.82) is 0 Å². The minimum Gasteiger partial charge on any atom is -0.478 e. The Kier molecular flexibility index (Phi) is 10.4. The molecule has 2 aliphatic rings. The number of carbonyl (C=O) groups is 6. The predicted octanol–water partition coefficient (Wildman–Crippen LogP) is 2.99. The number of imide groups is 2. The summed E-state index contributed by atoms with van der Waals surface area (Å²) in [6, 6.07) is 14.6. The van der Waals surface area contributed by atoms with Crippen LogP contribution in [0.25, 0.3) is 0 Å². The molecule has 0 radical (unpaired) electrons. The fourth-order valence-electron chi connectivity index (χ4n) is 5.19. The van der Waals surface area contributed by atoms with Crippen LogP contribution in [0.2, 0.25) is 0 Å². The predicted molar refractivity (Wildman–Crippen MR) is 158 cm³/mol. The van der Waals surface area contributed by atoms with E-state index in [2.05, 4.69) is 5.32 Å². The van der Waals surface area contributed by atoms with Gasteiger partial charge in [0.05, 0.1) is 10.8 Å². The SMILES string of the molecule is CC1(C)C(=O)N(CCCCNCCN2C(=O)c3ccccc3C(C)(C)C2=O)C(=O)c2ccccc21.O=C(O)/C=C/C(=O)O. The van der Waals surface area contributed by atoms with Crippen LogP contribution in [0.3, 0.4) is 0 Å². The Labute approximate surface area is 250 Å². The number of unbranched alkanes of at least 4 members (excludes halogenated alkanes) is 1. The fraction of sp³-hybridized carbons (Fsp3) is 0.375. The fourth-order valence-corrected chi connectivity index (χ4v) is 5.19. The third kappa shape index (κ3) is 7.23. The number of hydrogen-bond acceptors (Lipinski definition) is 7. The second-order valence-electron chi connectivity index (χ2n) is 11.3. The van der Waals surface area contributed by atoms with Crippen molar-refractivity contribution in [2.75, 3.05) is 26.2 Å². The molecule has 2 heterocycles. The second-order valence-corrected chi connectivity index (χ2v) is 11.3. The highest BCUT2D eigenvalue weighted by Gasteiger charge is 2.45. The van der Waals surface area contributed by atoms with Crippen molar-refractivity contribution in [3.8, 4) is 0 Å². The molecule has 0 bridgehead atoms. The van der Waals surface area contributed by atoms with E-state index >= 15 is 0 Å². The normalized spacial score (nSPS) is 16.8. The van der Waals surface area contributed by atoms with Gasteiger partial charge in [-0.15, -0.1) is 0 Å². The molecule has 11 nitrogen and oxygen atoms in total. The van der Waals surface area contributed by atoms with Crippen molar-refractivity contribution in [2.45, 2.75) is 51.4 Å². The number of fused-ring (bicyclic) bond motifs is 2. The monoisotopic (exact) mass is 591 g/mol. The number of amides is 4. The maximum Gasteiger partial charge on any atom is 0.328 e. The van der Waals surface area contributed by atoms with Gasteiger partial charge in [0.1, 0.15) is 0 Å². The first-order valence-corrected chi connectivity index (χ1v) is 14.0. The molecule has 2 aromatic rings. The molecule has 0 saturated heterocycles. The molecule has 4 rings (SSSR count). The lowest BCUT2D eigenvalue weighted by Crippen LogP contribution is -2.53. The first-order valence-electron chi connectivity index (χ1n) is 14.0. The number of hydrogen-bond donors (Lipinski definition) is 3. The molecule has 3 N–H and O–H groups in total. The van der Waals surface area contributed by atoms with Gasteiger partial charge in [0, 0.05) is 42.9 Å². The van der Waals surface area contributed by atoms with Gasteiger partial charge in [0.25, 0.3) is 11.8 Å². The number of carboxylic acids is 2. The summed E-state index contributed by atoms with van der Waals surface area (Å²) in [5.41, 5.74) is 1.24. The highest BCUT2D eigenvalue weighted by Crippen LogP contribution is 2.35. The van der Waals surface area contributed by atoms with Gasteiger partial charge in [-0.3, -0.25) is 29.0 Å². The van der Waals surface area contributed by atoms with E-state index in [9.17, 15) is 28.8 Å². The van der Waals surface area contributed by atoms with E-state index in [1.54, 1.807) is 12.1 Å². The molecular weight excluding hydrogens is 554 g/mol. The molecule has 4 amide bonds. The van der Waals surface area contributed by atoms with E-state index in [0.29, 0.717) is 55.9 Å². The Morgan fingerprint density at radius 3 is 1.53 bits per heavy atom. The van der Waals surface area contributed by atoms with E-state index in [4.69, 9.17) is 10.2 Å². The molecule has 0 spiro atoms. The van der Waals surface area contributed by atoms with Crippen LogP contribution in [0.4, 0.5) is 0 Å². The highest BCUT2D eigenvalue weighted by atomic mass is 16.4. The highest BCUT2D eigenvalue weighted by molar-refractivity contribution is 6.13. The third-order valence-electron chi connectivity index (χ3n) is 7.58. The smallest absolute Gasteiger partial charge is 0.328 e.